The fraction of sp³-hybridized carbons (Fsp3) is 0.400. The Bertz CT molecular complexity index is 1090. The minimum Gasteiger partial charge on any atom is -0.426 e. The number of fused-ring (bicyclic) bond motifs is 2. The monoisotopic (exact) mass is 389 g/mol. The number of esters is 1. The largest absolute Gasteiger partial charge is 0.426 e. The Labute approximate surface area is 172 Å². The van der Waals surface area contributed by atoms with Crippen LogP contribution in [0.25, 0.3) is 10.9 Å². The molecule has 2 aromatic carbocycles. The standard InChI is InChI=1S/C25H29N2O2/c1-24(2,3)19-9-10-21-18(12-19)14-27(16-26-21)15-25(4,5)20-8-6-17-7-11-23(28)29-22(17)13-20/h6,8-10,12-14,16H,7,11,15H2,1-5H3/q+1. The lowest BCUT2D eigenvalue weighted by atomic mass is 9.83. The molecule has 0 aliphatic carbocycles. The van der Waals surface area contributed by atoms with Crippen molar-refractivity contribution in [1.29, 1.82) is 0 Å². The predicted octanol–water partition coefficient (Wildman–Crippen LogP) is 4.65. The Morgan fingerprint density at radius 2 is 1.76 bits per heavy atom. The average Bonchev–Trinajstić information content (AvgIpc) is 2.65. The summed E-state index contributed by atoms with van der Waals surface area (Å²) in [6.07, 6.45) is 5.30. The number of benzene rings is 2. The van der Waals surface area contributed by atoms with Crippen LogP contribution in [0, 0.1) is 0 Å². The second-order valence-corrected chi connectivity index (χ2v) is 9.75. The van der Waals surface area contributed by atoms with Gasteiger partial charge in [0.15, 0.2) is 5.52 Å². The van der Waals surface area contributed by atoms with E-state index in [4.69, 9.17) is 4.74 Å². The second-order valence-electron chi connectivity index (χ2n) is 9.75. The highest BCUT2D eigenvalue weighted by molar-refractivity contribution is 5.77. The first kappa shape index (κ1) is 19.6. The van der Waals surface area contributed by atoms with E-state index in [1.807, 2.05) is 12.4 Å². The molecular weight excluding hydrogens is 360 g/mol. The molecule has 0 atom stereocenters. The molecule has 0 fully saturated rings. The summed E-state index contributed by atoms with van der Waals surface area (Å²) in [6.45, 7) is 11.9. The van der Waals surface area contributed by atoms with Gasteiger partial charge in [0.25, 0.3) is 6.33 Å². The second kappa shape index (κ2) is 6.94. The van der Waals surface area contributed by atoms with E-state index in [0.717, 1.165) is 35.0 Å². The molecule has 0 bridgehead atoms. The Balaban J connectivity index is 1.64. The molecule has 0 saturated carbocycles. The number of rotatable bonds is 3. The molecule has 0 unspecified atom stereocenters. The summed E-state index contributed by atoms with van der Waals surface area (Å²) < 4.78 is 7.62. The summed E-state index contributed by atoms with van der Waals surface area (Å²) in [6, 6.07) is 12.8. The van der Waals surface area contributed by atoms with Crippen LogP contribution in [0.15, 0.2) is 48.9 Å². The maximum Gasteiger partial charge on any atom is 0.311 e. The van der Waals surface area contributed by atoms with Crippen LogP contribution in [0.4, 0.5) is 0 Å². The molecule has 0 N–H and O–H groups in total. The normalized spacial score (nSPS) is 14.6. The van der Waals surface area contributed by atoms with Gasteiger partial charge in [-0.3, -0.25) is 4.79 Å². The molecule has 3 aromatic rings. The van der Waals surface area contributed by atoms with Gasteiger partial charge in [0.1, 0.15) is 11.9 Å². The number of ether oxygens (including phenoxy) is 1. The van der Waals surface area contributed by atoms with Crippen molar-refractivity contribution in [3.05, 3.63) is 65.6 Å². The zero-order valence-corrected chi connectivity index (χ0v) is 18.0. The molecule has 4 heteroatoms. The van der Waals surface area contributed by atoms with Crippen LogP contribution in [0.3, 0.4) is 0 Å². The summed E-state index contributed by atoms with van der Waals surface area (Å²) in [4.78, 5) is 16.3. The third kappa shape index (κ3) is 4.02. The molecule has 0 spiro atoms. The van der Waals surface area contributed by atoms with E-state index in [1.165, 1.54) is 5.56 Å². The zero-order valence-electron chi connectivity index (χ0n) is 18.0. The number of hydrogen-bond acceptors (Lipinski definition) is 3. The molecule has 0 radical (unpaired) electrons. The molecule has 150 valence electrons. The Morgan fingerprint density at radius 3 is 2.52 bits per heavy atom. The summed E-state index contributed by atoms with van der Waals surface area (Å²) in [5.41, 5.74) is 4.55. The van der Waals surface area contributed by atoms with Gasteiger partial charge >= 0.3 is 5.97 Å². The first-order chi connectivity index (χ1) is 13.6. The van der Waals surface area contributed by atoms with Crippen molar-refractivity contribution in [2.24, 2.45) is 0 Å². The van der Waals surface area contributed by atoms with E-state index in [2.05, 4.69) is 80.7 Å². The Hall–Kier alpha value is -2.75. The van der Waals surface area contributed by atoms with Gasteiger partial charge in [-0.25, -0.2) is 4.57 Å². The smallest absolute Gasteiger partial charge is 0.311 e. The van der Waals surface area contributed by atoms with Gasteiger partial charge in [0.2, 0.25) is 0 Å². The number of aryl methyl sites for hydroxylation is 1. The SMILES string of the molecule is CC(C)(C)c1ccc2nc[n+](CC(C)(C)c3ccc4c(c3)OC(=O)CC4)cc2c1. The lowest BCUT2D eigenvalue weighted by Gasteiger charge is -2.26. The van der Waals surface area contributed by atoms with E-state index in [9.17, 15) is 4.79 Å². The first-order valence-corrected chi connectivity index (χ1v) is 10.3. The average molecular weight is 390 g/mol. The molecule has 4 rings (SSSR count). The van der Waals surface area contributed by atoms with Crippen molar-refractivity contribution in [1.82, 2.24) is 4.98 Å². The Kier molecular flexibility index (Phi) is 4.68. The number of carbonyl (C=O) groups is 1. The molecule has 2 heterocycles. The number of carbonyl (C=O) groups excluding carboxylic acids is 1. The van der Waals surface area contributed by atoms with E-state index < -0.39 is 0 Å². The third-order valence-corrected chi connectivity index (χ3v) is 5.79. The molecule has 4 nitrogen and oxygen atoms in total. The van der Waals surface area contributed by atoms with E-state index >= 15 is 0 Å². The van der Waals surface area contributed by atoms with Crippen LogP contribution < -0.4 is 9.30 Å². The van der Waals surface area contributed by atoms with Gasteiger partial charge in [0.05, 0.1) is 18.4 Å². The first-order valence-electron chi connectivity index (χ1n) is 10.3. The lowest BCUT2D eigenvalue weighted by molar-refractivity contribution is -0.705. The van der Waals surface area contributed by atoms with Gasteiger partial charge in [0, 0.05) is 5.41 Å². The van der Waals surface area contributed by atoms with E-state index in [1.54, 1.807) is 0 Å². The number of hydrogen-bond donors (Lipinski definition) is 0. The Morgan fingerprint density at radius 1 is 1.00 bits per heavy atom. The van der Waals surface area contributed by atoms with Gasteiger partial charge < -0.3 is 4.74 Å². The molecule has 1 aliphatic heterocycles. The summed E-state index contributed by atoms with van der Waals surface area (Å²) in [5.74, 6) is 0.568. The fourth-order valence-corrected chi connectivity index (χ4v) is 3.91. The van der Waals surface area contributed by atoms with Crippen LogP contribution in [0.1, 0.15) is 57.7 Å². The van der Waals surface area contributed by atoms with E-state index in [0.29, 0.717) is 12.2 Å². The summed E-state index contributed by atoms with van der Waals surface area (Å²) in [5, 5.41) is 1.15. The quantitative estimate of drug-likeness (QED) is 0.372. The number of nitrogens with zero attached hydrogens (tertiary/aromatic N) is 2. The minimum absolute atomic E-state index is 0.106. The van der Waals surface area contributed by atoms with Crippen molar-refractivity contribution in [2.75, 3.05) is 0 Å². The minimum atomic E-state index is -0.143. The van der Waals surface area contributed by atoms with Crippen molar-refractivity contribution < 1.29 is 14.1 Å². The van der Waals surface area contributed by atoms with E-state index in [-0.39, 0.29) is 16.8 Å². The highest BCUT2D eigenvalue weighted by Crippen LogP contribution is 2.32. The van der Waals surface area contributed by atoms with Crippen LogP contribution in [0.5, 0.6) is 5.75 Å². The molecule has 29 heavy (non-hydrogen) atoms. The fourth-order valence-electron chi connectivity index (χ4n) is 3.91. The lowest BCUT2D eigenvalue weighted by Crippen LogP contribution is -2.43. The van der Waals surface area contributed by atoms with Crippen LogP contribution in [0.2, 0.25) is 0 Å². The van der Waals surface area contributed by atoms with Crippen LogP contribution in [-0.2, 0) is 28.6 Å². The molecule has 1 aromatic heterocycles. The number of aromatic nitrogens is 2. The third-order valence-electron chi connectivity index (χ3n) is 5.79. The van der Waals surface area contributed by atoms with Gasteiger partial charge in [-0.05, 0) is 51.7 Å². The van der Waals surface area contributed by atoms with Crippen LogP contribution in [-0.4, -0.2) is 11.0 Å². The van der Waals surface area contributed by atoms with Crippen LogP contribution >= 0.6 is 0 Å². The molecule has 0 saturated heterocycles. The highest BCUT2D eigenvalue weighted by atomic mass is 16.5. The zero-order chi connectivity index (χ0) is 20.8. The summed E-state index contributed by atoms with van der Waals surface area (Å²) >= 11 is 0. The highest BCUT2D eigenvalue weighted by Gasteiger charge is 2.27. The van der Waals surface area contributed by atoms with Crippen molar-refractivity contribution in [2.45, 2.75) is 64.8 Å². The van der Waals surface area contributed by atoms with Crippen molar-refractivity contribution in [3.63, 3.8) is 0 Å². The maximum absolute atomic E-state index is 11.7. The van der Waals surface area contributed by atoms with Crippen molar-refractivity contribution in [3.8, 4) is 5.75 Å². The summed E-state index contributed by atoms with van der Waals surface area (Å²) in [7, 11) is 0. The van der Waals surface area contributed by atoms with Gasteiger partial charge in [-0.2, -0.15) is 0 Å². The van der Waals surface area contributed by atoms with Gasteiger partial charge in [-0.15, -0.1) is 0 Å². The molecular formula is C25H29N2O2+. The molecule has 1 aliphatic rings. The maximum atomic E-state index is 11.7. The van der Waals surface area contributed by atoms with Crippen molar-refractivity contribution >= 4 is 16.9 Å². The molecule has 0 amide bonds. The topological polar surface area (TPSA) is 43.1 Å². The van der Waals surface area contributed by atoms with Gasteiger partial charge in [-0.1, -0.05) is 52.8 Å². The predicted molar refractivity (Wildman–Crippen MR) is 114 cm³/mol.